The maximum Gasteiger partial charge on any atom is 0.142 e. The van der Waals surface area contributed by atoms with Gasteiger partial charge in [0.05, 0.1) is 41.0 Å². The molecule has 1 aliphatic heterocycles. The van der Waals surface area contributed by atoms with Gasteiger partial charge in [-0.15, -0.1) is 0 Å². The van der Waals surface area contributed by atoms with Crippen LogP contribution in [0.25, 0.3) is 33.3 Å². The Hall–Kier alpha value is -2.67. The highest BCUT2D eigenvalue weighted by Crippen LogP contribution is 2.34. The Morgan fingerprint density at radius 2 is 1.97 bits per heavy atom. The number of ether oxygens (including phenoxy) is 1. The van der Waals surface area contributed by atoms with E-state index in [0.29, 0.717) is 5.02 Å². The van der Waals surface area contributed by atoms with Crippen molar-refractivity contribution in [3.8, 4) is 11.4 Å². The van der Waals surface area contributed by atoms with Crippen molar-refractivity contribution in [1.29, 1.82) is 0 Å². The van der Waals surface area contributed by atoms with Crippen molar-refractivity contribution in [2.24, 2.45) is 0 Å². The summed E-state index contributed by atoms with van der Waals surface area (Å²) in [5, 5.41) is 5.39. The van der Waals surface area contributed by atoms with Gasteiger partial charge in [0.15, 0.2) is 0 Å². The molecular weight excluding hydrogens is 398 g/mol. The van der Waals surface area contributed by atoms with Crippen molar-refractivity contribution in [3.05, 3.63) is 53.7 Å². The smallest absolute Gasteiger partial charge is 0.142 e. The quantitative estimate of drug-likeness (QED) is 0.446. The summed E-state index contributed by atoms with van der Waals surface area (Å²) in [4.78, 5) is 15.3. The molecule has 1 fully saturated rings. The highest BCUT2D eigenvalue weighted by Gasteiger charge is 2.15. The van der Waals surface area contributed by atoms with Gasteiger partial charge in [0, 0.05) is 36.2 Å². The Labute approximate surface area is 180 Å². The number of pyridine rings is 1. The van der Waals surface area contributed by atoms with E-state index in [9.17, 15) is 0 Å². The Morgan fingerprint density at radius 3 is 2.83 bits per heavy atom. The van der Waals surface area contributed by atoms with Crippen molar-refractivity contribution < 1.29 is 4.74 Å². The highest BCUT2D eigenvalue weighted by atomic mass is 35.5. The van der Waals surface area contributed by atoms with E-state index in [1.54, 1.807) is 0 Å². The lowest BCUT2D eigenvalue weighted by molar-refractivity contribution is 0.0378. The summed E-state index contributed by atoms with van der Waals surface area (Å²) >= 11 is 6.20. The summed E-state index contributed by atoms with van der Waals surface area (Å²) in [7, 11) is 0. The molecule has 2 aromatic heterocycles. The van der Waals surface area contributed by atoms with Crippen LogP contribution < -0.4 is 5.32 Å². The van der Waals surface area contributed by atoms with Gasteiger partial charge in [-0.05, 0) is 43.3 Å². The van der Waals surface area contributed by atoms with Crippen LogP contribution in [0.2, 0.25) is 5.02 Å². The maximum absolute atomic E-state index is 6.20. The summed E-state index contributed by atoms with van der Waals surface area (Å²) in [6, 6.07) is 13.9. The van der Waals surface area contributed by atoms with E-state index >= 15 is 0 Å². The third-order valence-corrected chi connectivity index (χ3v) is 5.77. The monoisotopic (exact) mass is 421 g/mol. The SMILES string of the molecule is Clc1ccc2c(NCCCN3CCOCC3)c(-c3nc4ccccc4[nH]3)cnc2c1. The standard InChI is InChI=1S/C23H24ClN5O/c24-16-6-7-17-21(14-16)26-15-18(23-27-19-4-1-2-5-20(19)28-23)22(17)25-8-3-9-29-10-12-30-13-11-29/h1-2,4-7,14-15H,3,8-13H2,(H,25,26)(H,27,28). The van der Waals surface area contributed by atoms with E-state index in [2.05, 4.69) is 20.2 Å². The number of fused-ring (bicyclic) bond motifs is 2. The maximum atomic E-state index is 6.20. The lowest BCUT2D eigenvalue weighted by Gasteiger charge is -2.26. The van der Waals surface area contributed by atoms with Gasteiger partial charge in [0.1, 0.15) is 5.82 Å². The molecule has 154 valence electrons. The number of nitrogens with zero attached hydrogens (tertiary/aromatic N) is 3. The molecule has 0 saturated carbocycles. The van der Waals surface area contributed by atoms with Crippen molar-refractivity contribution in [3.63, 3.8) is 0 Å². The van der Waals surface area contributed by atoms with Crippen LogP contribution >= 0.6 is 11.6 Å². The molecule has 2 aromatic carbocycles. The van der Waals surface area contributed by atoms with E-state index < -0.39 is 0 Å². The lowest BCUT2D eigenvalue weighted by atomic mass is 10.1. The van der Waals surface area contributed by atoms with E-state index in [4.69, 9.17) is 21.3 Å². The van der Waals surface area contributed by atoms with Gasteiger partial charge < -0.3 is 15.0 Å². The van der Waals surface area contributed by atoms with Crippen LogP contribution in [0.4, 0.5) is 5.69 Å². The fourth-order valence-electron chi connectivity index (χ4n) is 3.96. The molecule has 7 heteroatoms. The van der Waals surface area contributed by atoms with Gasteiger partial charge in [-0.1, -0.05) is 23.7 Å². The zero-order valence-corrected chi connectivity index (χ0v) is 17.5. The minimum atomic E-state index is 0.685. The molecule has 2 N–H and O–H groups in total. The first-order valence-electron chi connectivity index (χ1n) is 10.4. The fraction of sp³-hybridized carbons (Fsp3) is 0.304. The summed E-state index contributed by atoms with van der Waals surface area (Å²) in [6.07, 6.45) is 2.93. The second kappa shape index (κ2) is 8.60. The number of anilines is 1. The molecule has 30 heavy (non-hydrogen) atoms. The van der Waals surface area contributed by atoms with E-state index in [1.807, 2.05) is 48.7 Å². The zero-order chi connectivity index (χ0) is 20.3. The molecule has 6 nitrogen and oxygen atoms in total. The van der Waals surface area contributed by atoms with Crippen LogP contribution in [-0.4, -0.2) is 59.2 Å². The number of aromatic amines is 1. The van der Waals surface area contributed by atoms with Gasteiger partial charge in [0.25, 0.3) is 0 Å². The van der Waals surface area contributed by atoms with Gasteiger partial charge in [-0.25, -0.2) is 4.98 Å². The van der Waals surface area contributed by atoms with Gasteiger partial charge in [0.2, 0.25) is 0 Å². The molecule has 1 aliphatic rings. The van der Waals surface area contributed by atoms with Gasteiger partial charge >= 0.3 is 0 Å². The van der Waals surface area contributed by atoms with Crippen LogP contribution in [0, 0.1) is 0 Å². The van der Waals surface area contributed by atoms with Crippen molar-refractivity contribution >= 4 is 39.2 Å². The lowest BCUT2D eigenvalue weighted by Crippen LogP contribution is -2.37. The topological polar surface area (TPSA) is 66.1 Å². The summed E-state index contributed by atoms with van der Waals surface area (Å²) < 4.78 is 5.44. The zero-order valence-electron chi connectivity index (χ0n) is 16.7. The van der Waals surface area contributed by atoms with E-state index in [0.717, 1.165) is 84.8 Å². The molecule has 0 amide bonds. The number of benzene rings is 2. The third kappa shape index (κ3) is 3.99. The van der Waals surface area contributed by atoms with Gasteiger partial charge in [-0.2, -0.15) is 0 Å². The molecule has 0 bridgehead atoms. The number of rotatable bonds is 6. The first kappa shape index (κ1) is 19.3. The second-order valence-electron chi connectivity index (χ2n) is 7.55. The van der Waals surface area contributed by atoms with Crippen LogP contribution in [-0.2, 0) is 4.74 Å². The molecule has 0 aliphatic carbocycles. The normalized spacial score (nSPS) is 15.1. The minimum Gasteiger partial charge on any atom is -0.384 e. The molecule has 0 atom stereocenters. The van der Waals surface area contributed by atoms with Crippen LogP contribution in [0.3, 0.4) is 0 Å². The number of morpholine rings is 1. The Morgan fingerprint density at radius 1 is 1.10 bits per heavy atom. The number of hydrogen-bond donors (Lipinski definition) is 2. The van der Waals surface area contributed by atoms with Gasteiger partial charge in [-0.3, -0.25) is 9.88 Å². The molecule has 3 heterocycles. The molecule has 4 aromatic rings. The average Bonchev–Trinajstić information content (AvgIpc) is 3.21. The largest absolute Gasteiger partial charge is 0.384 e. The predicted octanol–water partition coefficient (Wildman–Crippen LogP) is 4.57. The number of H-pyrrole nitrogens is 1. The Bertz CT molecular complexity index is 1140. The van der Waals surface area contributed by atoms with E-state index in [-0.39, 0.29) is 0 Å². The summed E-state index contributed by atoms with van der Waals surface area (Å²) in [5.74, 6) is 0.816. The molecule has 0 unspecified atom stereocenters. The molecule has 1 saturated heterocycles. The van der Waals surface area contributed by atoms with Crippen molar-refractivity contribution in [1.82, 2.24) is 19.9 Å². The third-order valence-electron chi connectivity index (χ3n) is 5.53. The fourth-order valence-corrected chi connectivity index (χ4v) is 4.12. The number of aromatic nitrogens is 3. The van der Waals surface area contributed by atoms with Crippen LogP contribution in [0.1, 0.15) is 6.42 Å². The summed E-state index contributed by atoms with van der Waals surface area (Å²) in [6.45, 7) is 5.62. The number of imidazole rings is 1. The Kier molecular flexibility index (Phi) is 5.53. The van der Waals surface area contributed by atoms with Crippen LogP contribution in [0.5, 0.6) is 0 Å². The minimum absolute atomic E-state index is 0.685. The van der Waals surface area contributed by atoms with Crippen molar-refractivity contribution in [2.45, 2.75) is 6.42 Å². The number of halogens is 1. The van der Waals surface area contributed by atoms with Crippen LogP contribution in [0.15, 0.2) is 48.7 Å². The predicted molar refractivity (Wildman–Crippen MR) is 122 cm³/mol. The van der Waals surface area contributed by atoms with E-state index in [1.165, 1.54) is 0 Å². The molecular formula is C23H24ClN5O. The number of para-hydroxylation sites is 2. The first-order valence-corrected chi connectivity index (χ1v) is 10.7. The average molecular weight is 422 g/mol. The molecule has 0 spiro atoms. The number of nitrogens with one attached hydrogen (secondary N) is 2. The molecule has 0 radical (unpaired) electrons. The second-order valence-corrected chi connectivity index (χ2v) is 7.98. The van der Waals surface area contributed by atoms with Crippen molar-refractivity contribution in [2.75, 3.05) is 44.7 Å². The first-order chi connectivity index (χ1) is 14.8. The molecule has 5 rings (SSSR count). The Balaban J connectivity index is 1.44. The highest BCUT2D eigenvalue weighted by molar-refractivity contribution is 6.31. The summed E-state index contributed by atoms with van der Waals surface area (Å²) in [5.41, 5.74) is 4.84. The number of hydrogen-bond acceptors (Lipinski definition) is 5.